The molecule has 3 N–H and O–H groups in total. The summed E-state index contributed by atoms with van der Waals surface area (Å²) in [5.41, 5.74) is 6.08. The number of hydrogen-bond donors (Lipinski definition) is 2. The largest absolute Gasteiger partial charge is 0.397 e. The van der Waals surface area contributed by atoms with Crippen molar-refractivity contribution in [3.63, 3.8) is 0 Å². The average Bonchev–Trinajstić information content (AvgIpc) is 2.96. The Balaban J connectivity index is 1.62. The van der Waals surface area contributed by atoms with Crippen molar-refractivity contribution in [1.29, 1.82) is 0 Å². The maximum atomic E-state index is 13.6. The second kappa shape index (κ2) is 4.83. The number of nitrogens with two attached hydrogens (primary N) is 1. The van der Waals surface area contributed by atoms with E-state index in [2.05, 4.69) is 5.32 Å². The molecule has 2 aliphatic rings. The highest BCUT2D eigenvalue weighted by Crippen LogP contribution is 2.49. The van der Waals surface area contributed by atoms with Gasteiger partial charge in [0, 0.05) is 6.42 Å². The lowest BCUT2D eigenvalue weighted by Crippen LogP contribution is -2.21. The predicted octanol–water partition coefficient (Wildman–Crippen LogP) is 3.17. The van der Waals surface area contributed by atoms with Gasteiger partial charge in [-0.2, -0.15) is 0 Å². The molecule has 0 heterocycles. The number of para-hydroxylation sites is 1. The smallest absolute Gasteiger partial charge is 0.224 e. The van der Waals surface area contributed by atoms with E-state index in [1.807, 2.05) is 0 Å². The third-order valence-electron chi connectivity index (χ3n) is 4.64. The number of halogens is 1. The van der Waals surface area contributed by atoms with Crippen LogP contribution in [0.1, 0.15) is 32.1 Å². The molecular formula is C15H19FN2O. The predicted molar refractivity (Wildman–Crippen MR) is 73.0 cm³/mol. The van der Waals surface area contributed by atoms with Crippen LogP contribution in [0, 0.1) is 23.6 Å². The number of rotatable bonds is 3. The van der Waals surface area contributed by atoms with Crippen LogP contribution in [0.5, 0.6) is 0 Å². The van der Waals surface area contributed by atoms with Crippen LogP contribution in [0.4, 0.5) is 15.8 Å². The molecule has 2 aliphatic carbocycles. The molecule has 19 heavy (non-hydrogen) atoms. The third kappa shape index (κ3) is 2.44. The minimum absolute atomic E-state index is 0.116. The quantitative estimate of drug-likeness (QED) is 0.822. The van der Waals surface area contributed by atoms with Crippen LogP contribution in [-0.4, -0.2) is 5.91 Å². The number of fused-ring (bicyclic) bond motifs is 2. The van der Waals surface area contributed by atoms with E-state index in [4.69, 9.17) is 5.73 Å². The lowest BCUT2D eigenvalue weighted by atomic mass is 9.86. The van der Waals surface area contributed by atoms with E-state index in [0.717, 1.165) is 12.3 Å². The van der Waals surface area contributed by atoms with Crippen LogP contribution in [0.25, 0.3) is 0 Å². The fraction of sp³-hybridized carbons (Fsp3) is 0.533. The molecule has 0 aliphatic heterocycles. The zero-order chi connectivity index (χ0) is 13.4. The standard InChI is InChI=1S/C15H19FN2O/c16-12-2-1-3-13(17)15(12)18-14(19)8-11-7-9-4-5-10(11)6-9/h1-3,9-11H,4-8,17H2,(H,18,19). The molecular weight excluding hydrogens is 243 g/mol. The number of amides is 1. The fourth-order valence-corrected chi connectivity index (χ4v) is 3.73. The van der Waals surface area contributed by atoms with Crippen molar-refractivity contribution in [1.82, 2.24) is 0 Å². The van der Waals surface area contributed by atoms with E-state index in [1.165, 1.54) is 31.4 Å². The van der Waals surface area contributed by atoms with Crippen LogP contribution in [0.2, 0.25) is 0 Å². The van der Waals surface area contributed by atoms with Crippen LogP contribution in [-0.2, 0) is 4.79 Å². The van der Waals surface area contributed by atoms with Gasteiger partial charge in [0.2, 0.25) is 5.91 Å². The van der Waals surface area contributed by atoms with Crippen molar-refractivity contribution < 1.29 is 9.18 Å². The number of anilines is 2. The van der Waals surface area contributed by atoms with Crippen molar-refractivity contribution in [2.75, 3.05) is 11.1 Å². The van der Waals surface area contributed by atoms with Gasteiger partial charge < -0.3 is 11.1 Å². The van der Waals surface area contributed by atoms with Crippen molar-refractivity contribution in [2.45, 2.75) is 32.1 Å². The van der Waals surface area contributed by atoms with E-state index >= 15 is 0 Å². The van der Waals surface area contributed by atoms with Crippen LogP contribution in [0.3, 0.4) is 0 Å². The molecule has 0 saturated heterocycles. The molecule has 3 atom stereocenters. The summed E-state index contributed by atoms with van der Waals surface area (Å²) in [6, 6.07) is 4.44. The second-order valence-electron chi connectivity index (χ2n) is 5.89. The normalized spacial score (nSPS) is 28.6. The average molecular weight is 262 g/mol. The Kier molecular flexibility index (Phi) is 3.17. The molecule has 3 rings (SSSR count). The summed E-state index contributed by atoms with van der Waals surface area (Å²) in [4.78, 5) is 12.0. The number of nitrogen functional groups attached to an aromatic ring is 1. The number of hydrogen-bond acceptors (Lipinski definition) is 2. The molecule has 1 aromatic rings. The molecule has 2 bridgehead atoms. The third-order valence-corrected chi connectivity index (χ3v) is 4.64. The van der Waals surface area contributed by atoms with E-state index in [1.54, 1.807) is 6.07 Å². The molecule has 3 nitrogen and oxygen atoms in total. The first-order chi connectivity index (χ1) is 9.13. The Hall–Kier alpha value is -1.58. The van der Waals surface area contributed by atoms with E-state index in [9.17, 15) is 9.18 Å². The molecule has 1 amide bonds. The van der Waals surface area contributed by atoms with E-state index < -0.39 is 5.82 Å². The lowest BCUT2D eigenvalue weighted by Gasteiger charge is -2.21. The molecule has 0 radical (unpaired) electrons. The number of carbonyl (C=O) groups excluding carboxylic acids is 1. The second-order valence-corrected chi connectivity index (χ2v) is 5.89. The number of benzene rings is 1. The van der Waals surface area contributed by atoms with Gasteiger partial charge in [-0.1, -0.05) is 12.5 Å². The Morgan fingerprint density at radius 2 is 2.21 bits per heavy atom. The van der Waals surface area contributed by atoms with Gasteiger partial charge in [0.05, 0.1) is 5.69 Å². The Morgan fingerprint density at radius 1 is 1.37 bits per heavy atom. The summed E-state index contributed by atoms with van der Waals surface area (Å²) >= 11 is 0. The first-order valence-corrected chi connectivity index (χ1v) is 6.97. The molecule has 0 spiro atoms. The number of nitrogens with one attached hydrogen (secondary N) is 1. The zero-order valence-corrected chi connectivity index (χ0v) is 10.9. The van der Waals surface area contributed by atoms with Gasteiger partial charge in [0.25, 0.3) is 0 Å². The van der Waals surface area contributed by atoms with Gasteiger partial charge in [0.15, 0.2) is 0 Å². The van der Waals surface area contributed by atoms with Gasteiger partial charge >= 0.3 is 0 Å². The first kappa shape index (κ1) is 12.5. The first-order valence-electron chi connectivity index (χ1n) is 6.97. The molecule has 0 aromatic heterocycles. The van der Waals surface area contributed by atoms with Gasteiger partial charge in [-0.25, -0.2) is 4.39 Å². The van der Waals surface area contributed by atoms with Gasteiger partial charge in [-0.05, 0) is 49.1 Å². The van der Waals surface area contributed by atoms with Gasteiger partial charge in [-0.3, -0.25) is 4.79 Å². The highest BCUT2D eigenvalue weighted by Gasteiger charge is 2.40. The zero-order valence-electron chi connectivity index (χ0n) is 10.9. The van der Waals surface area contributed by atoms with Gasteiger partial charge in [0.1, 0.15) is 11.5 Å². The van der Waals surface area contributed by atoms with Crippen molar-refractivity contribution in [3.05, 3.63) is 24.0 Å². The van der Waals surface area contributed by atoms with Crippen LogP contribution in [0.15, 0.2) is 18.2 Å². The molecule has 4 heteroatoms. The SMILES string of the molecule is Nc1cccc(F)c1NC(=O)CC1CC2CCC1C2. The van der Waals surface area contributed by atoms with Gasteiger partial charge in [-0.15, -0.1) is 0 Å². The monoisotopic (exact) mass is 262 g/mol. The summed E-state index contributed by atoms with van der Waals surface area (Å²) < 4.78 is 13.6. The molecule has 2 saturated carbocycles. The minimum Gasteiger partial charge on any atom is -0.397 e. The van der Waals surface area contributed by atoms with Crippen molar-refractivity contribution in [2.24, 2.45) is 17.8 Å². The maximum Gasteiger partial charge on any atom is 0.224 e. The maximum absolute atomic E-state index is 13.6. The fourth-order valence-electron chi connectivity index (χ4n) is 3.73. The highest BCUT2D eigenvalue weighted by molar-refractivity contribution is 5.94. The topological polar surface area (TPSA) is 55.1 Å². The summed E-state index contributed by atoms with van der Waals surface area (Å²) in [6.07, 6.45) is 5.51. The lowest BCUT2D eigenvalue weighted by molar-refractivity contribution is -0.117. The van der Waals surface area contributed by atoms with E-state index in [0.29, 0.717) is 18.3 Å². The summed E-state index contributed by atoms with van der Waals surface area (Å²) in [7, 11) is 0. The number of carbonyl (C=O) groups is 1. The molecule has 102 valence electrons. The Morgan fingerprint density at radius 3 is 2.84 bits per heavy atom. The minimum atomic E-state index is -0.471. The summed E-state index contributed by atoms with van der Waals surface area (Å²) in [5.74, 6) is 1.41. The van der Waals surface area contributed by atoms with Crippen molar-refractivity contribution >= 4 is 17.3 Å². The van der Waals surface area contributed by atoms with E-state index in [-0.39, 0.29) is 17.3 Å². The van der Waals surface area contributed by atoms with Crippen LogP contribution < -0.4 is 11.1 Å². The molecule has 1 aromatic carbocycles. The summed E-state index contributed by atoms with van der Waals surface area (Å²) in [6.45, 7) is 0. The van der Waals surface area contributed by atoms with Crippen LogP contribution >= 0.6 is 0 Å². The summed E-state index contributed by atoms with van der Waals surface area (Å²) in [5, 5.41) is 2.63. The van der Waals surface area contributed by atoms with Crippen molar-refractivity contribution in [3.8, 4) is 0 Å². The highest BCUT2D eigenvalue weighted by atomic mass is 19.1. The Labute approximate surface area is 112 Å². The molecule has 2 fully saturated rings. The molecule has 3 unspecified atom stereocenters. The Bertz CT molecular complexity index is 483.